The molecule has 0 spiro atoms. The summed E-state index contributed by atoms with van der Waals surface area (Å²) in [6.07, 6.45) is 2.05. The molecule has 0 aromatic heterocycles. The fourth-order valence-corrected chi connectivity index (χ4v) is 3.34. The van der Waals surface area contributed by atoms with Crippen LogP contribution in [0.25, 0.3) is 11.1 Å². The first-order chi connectivity index (χ1) is 12.1. The molecule has 1 unspecified atom stereocenters. The number of aliphatic carboxylic acids is 1. The van der Waals surface area contributed by atoms with Gasteiger partial charge in [0.1, 0.15) is 0 Å². The van der Waals surface area contributed by atoms with Crippen molar-refractivity contribution >= 4 is 11.8 Å². The highest BCUT2D eigenvalue weighted by Gasteiger charge is 2.25. The van der Waals surface area contributed by atoms with E-state index in [0.29, 0.717) is 25.1 Å². The minimum Gasteiger partial charge on any atom is -0.481 e. The number of rotatable bonds is 6. The molecule has 1 heterocycles. The number of likely N-dealkylation sites (tertiary alicyclic amines) is 1. The van der Waals surface area contributed by atoms with Gasteiger partial charge >= 0.3 is 5.97 Å². The molecule has 1 aliphatic rings. The van der Waals surface area contributed by atoms with Crippen molar-refractivity contribution in [2.24, 2.45) is 5.92 Å². The van der Waals surface area contributed by atoms with E-state index < -0.39 is 5.97 Å². The highest BCUT2D eigenvalue weighted by molar-refractivity contribution is 5.96. The monoisotopic (exact) mass is 337 g/mol. The fraction of sp³-hybridized carbons (Fsp3) is 0.333. The molecule has 2 aromatic carbocycles. The average molecular weight is 337 g/mol. The number of benzene rings is 2. The maximum absolute atomic E-state index is 12.4. The quantitative estimate of drug-likeness (QED) is 0.816. The van der Waals surface area contributed by atoms with E-state index >= 15 is 0 Å². The molecule has 0 aliphatic carbocycles. The number of carbonyl (C=O) groups excluding carboxylic acids is 1. The lowest BCUT2D eigenvalue weighted by Gasteiger charge is -2.30. The van der Waals surface area contributed by atoms with Crippen LogP contribution in [0.4, 0.5) is 0 Å². The predicted octanol–water partition coefficient (Wildman–Crippen LogP) is 3.72. The van der Waals surface area contributed by atoms with Crippen LogP contribution in [0.15, 0.2) is 54.6 Å². The first kappa shape index (κ1) is 17.4. The number of ketones is 1. The molecule has 1 N–H and O–H groups in total. The van der Waals surface area contributed by atoms with E-state index in [1.807, 2.05) is 54.6 Å². The lowest BCUT2D eigenvalue weighted by Crippen LogP contribution is -2.39. The summed E-state index contributed by atoms with van der Waals surface area (Å²) in [5.41, 5.74) is 2.94. The smallest absolute Gasteiger partial charge is 0.307 e. The van der Waals surface area contributed by atoms with E-state index in [0.717, 1.165) is 30.5 Å². The van der Waals surface area contributed by atoms with Gasteiger partial charge in [0.15, 0.2) is 5.78 Å². The molecule has 0 bridgehead atoms. The summed E-state index contributed by atoms with van der Waals surface area (Å²) in [7, 11) is 0. The third kappa shape index (κ3) is 4.54. The van der Waals surface area contributed by atoms with E-state index in [9.17, 15) is 9.59 Å². The SMILES string of the molecule is O=C(CCN1CCCC(C(=O)O)C1)c1ccc(-c2ccccc2)cc1. The summed E-state index contributed by atoms with van der Waals surface area (Å²) >= 11 is 0. The largest absolute Gasteiger partial charge is 0.481 e. The Morgan fingerprint density at radius 1 is 1.00 bits per heavy atom. The Morgan fingerprint density at radius 2 is 1.68 bits per heavy atom. The van der Waals surface area contributed by atoms with Gasteiger partial charge in [0.05, 0.1) is 5.92 Å². The first-order valence-corrected chi connectivity index (χ1v) is 8.77. The zero-order valence-electron chi connectivity index (χ0n) is 14.2. The van der Waals surface area contributed by atoms with E-state index in [2.05, 4.69) is 4.90 Å². The van der Waals surface area contributed by atoms with Crippen LogP contribution in [0.2, 0.25) is 0 Å². The van der Waals surface area contributed by atoms with Crippen LogP contribution in [-0.2, 0) is 4.79 Å². The molecule has 3 rings (SSSR count). The Morgan fingerprint density at radius 3 is 2.36 bits per heavy atom. The van der Waals surface area contributed by atoms with Crippen LogP contribution in [-0.4, -0.2) is 41.4 Å². The Balaban J connectivity index is 1.56. The van der Waals surface area contributed by atoms with Gasteiger partial charge in [0.2, 0.25) is 0 Å². The Kier molecular flexibility index (Phi) is 5.61. The third-order valence-corrected chi connectivity index (χ3v) is 4.82. The molecule has 2 aromatic rings. The highest BCUT2D eigenvalue weighted by atomic mass is 16.4. The normalized spacial score (nSPS) is 18.0. The van der Waals surface area contributed by atoms with Gasteiger partial charge in [-0.25, -0.2) is 0 Å². The van der Waals surface area contributed by atoms with E-state index in [4.69, 9.17) is 5.11 Å². The topological polar surface area (TPSA) is 57.6 Å². The molecule has 1 aliphatic heterocycles. The molecule has 1 fully saturated rings. The summed E-state index contributed by atoms with van der Waals surface area (Å²) in [5, 5.41) is 9.14. The maximum Gasteiger partial charge on any atom is 0.307 e. The van der Waals surface area contributed by atoms with Gasteiger partial charge < -0.3 is 10.0 Å². The van der Waals surface area contributed by atoms with E-state index in [1.165, 1.54) is 0 Å². The second-order valence-electron chi connectivity index (χ2n) is 6.59. The second-order valence-corrected chi connectivity index (χ2v) is 6.59. The van der Waals surface area contributed by atoms with Crippen molar-refractivity contribution in [1.82, 2.24) is 4.90 Å². The van der Waals surface area contributed by atoms with Crippen molar-refractivity contribution in [3.8, 4) is 11.1 Å². The molecule has 0 radical (unpaired) electrons. The zero-order valence-corrected chi connectivity index (χ0v) is 14.2. The second kappa shape index (κ2) is 8.08. The molecule has 1 saturated heterocycles. The van der Waals surface area contributed by atoms with Crippen molar-refractivity contribution in [2.75, 3.05) is 19.6 Å². The number of hydrogen-bond acceptors (Lipinski definition) is 3. The average Bonchev–Trinajstić information content (AvgIpc) is 2.67. The number of piperidine rings is 1. The summed E-state index contributed by atoms with van der Waals surface area (Å²) in [4.78, 5) is 25.6. The summed E-state index contributed by atoms with van der Waals surface area (Å²) < 4.78 is 0. The lowest BCUT2D eigenvalue weighted by atomic mass is 9.97. The van der Waals surface area contributed by atoms with Crippen molar-refractivity contribution in [1.29, 1.82) is 0 Å². The minimum absolute atomic E-state index is 0.108. The molecular formula is C21H23NO3. The molecule has 0 amide bonds. The number of carboxylic acids is 1. The molecule has 1 atom stereocenters. The Labute approximate surface area is 148 Å². The molecule has 25 heavy (non-hydrogen) atoms. The number of carboxylic acid groups (broad SMARTS) is 1. The maximum atomic E-state index is 12.4. The number of Topliss-reactive ketones (excluding diaryl/α,β-unsaturated/α-hetero) is 1. The number of carbonyl (C=O) groups is 2. The summed E-state index contributed by atoms with van der Waals surface area (Å²) in [6, 6.07) is 17.8. The third-order valence-electron chi connectivity index (χ3n) is 4.82. The minimum atomic E-state index is -0.729. The lowest BCUT2D eigenvalue weighted by molar-refractivity contribution is -0.143. The number of hydrogen-bond donors (Lipinski definition) is 1. The van der Waals surface area contributed by atoms with E-state index in [-0.39, 0.29) is 11.7 Å². The van der Waals surface area contributed by atoms with Crippen molar-refractivity contribution in [2.45, 2.75) is 19.3 Å². The summed E-state index contributed by atoms with van der Waals surface area (Å²) in [5.74, 6) is -0.918. The summed E-state index contributed by atoms with van der Waals surface area (Å²) in [6.45, 7) is 2.06. The van der Waals surface area contributed by atoms with Crippen LogP contribution in [0, 0.1) is 5.92 Å². The van der Waals surface area contributed by atoms with Crippen LogP contribution < -0.4 is 0 Å². The van der Waals surface area contributed by atoms with Gasteiger partial charge in [-0.2, -0.15) is 0 Å². The van der Waals surface area contributed by atoms with Crippen molar-refractivity contribution in [3.05, 3.63) is 60.2 Å². The van der Waals surface area contributed by atoms with Gasteiger partial charge in [-0.05, 0) is 30.5 Å². The Hall–Kier alpha value is -2.46. The standard InChI is InChI=1S/C21H23NO3/c23-20(12-14-22-13-4-7-19(15-22)21(24)25)18-10-8-17(9-11-18)16-5-2-1-3-6-16/h1-3,5-6,8-11,19H,4,7,12-15H2,(H,24,25). The van der Waals surface area contributed by atoms with Crippen LogP contribution in [0.3, 0.4) is 0 Å². The number of nitrogens with zero attached hydrogens (tertiary/aromatic N) is 1. The van der Waals surface area contributed by atoms with Crippen LogP contribution in [0.5, 0.6) is 0 Å². The Bertz CT molecular complexity index is 725. The fourth-order valence-electron chi connectivity index (χ4n) is 3.34. The van der Waals surface area contributed by atoms with Crippen molar-refractivity contribution in [3.63, 3.8) is 0 Å². The van der Waals surface area contributed by atoms with Crippen LogP contribution >= 0.6 is 0 Å². The highest BCUT2D eigenvalue weighted by Crippen LogP contribution is 2.20. The van der Waals surface area contributed by atoms with Crippen LogP contribution in [0.1, 0.15) is 29.6 Å². The first-order valence-electron chi connectivity index (χ1n) is 8.77. The molecule has 0 saturated carbocycles. The van der Waals surface area contributed by atoms with Gasteiger partial charge in [0, 0.05) is 25.1 Å². The van der Waals surface area contributed by atoms with E-state index in [1.54, 1.807) is 0 Å². The molecule has 4 nitrogen and oxygen atoms in total. The van der Waals surface area contributed by atoms with Gasteiger partial charge in [0.25, 0.3) is 0 Å². The predicted molar refractivity (Wildman–Crippen MR) is 97.6 cm³/mol. The zero-order chi connectivity index (χ0) is 17.6. The molecular weight excluding hydrogens is 314 g/mol. The molecule has 4 heteroatoms. The molecule has 130 valence electrons. The van der Waals surface area contributed by atoms with Crippen molar-refractivity contribution < 1.29 is 14.7 Å². The van der Waals surface area contributed by atoms with Gasteiger partial charge in [-0.3, -0.25) is 9.59 Å². The van der Waals surface area contributed by atoms with Gasteiger partial charge in [-0.15, -0.1) is 0 Å². The van der Waals surface area contributed by atoms with Gasteiger partial charge in [-0.1, -0.05) is 54.6 Å².